The summed E-state index contributed by atoms with van der Waals surface area (Å²) in [5.74, 6) is 2.00. The van der Waals surface area contributed by atoms with Crippen LogP contribution < -0.4 is 5.32 Å². The van der Waals surface area contributed by atoms with E-state index in [2.05, 4.69) is 5.32 Å². The zero-order valence-electron chi connectivity index (χ0n) is 10.5. The van der Waals surface area contributed by atoms with Crippen molar-refractivity contribution in [2.75, 3.05) is 37.9 Å². The zero-order chi connectivity index (χ0) is 12.4. The van der Waals surface area contributed by atoms with Gasteiger partial charge in [-0.1, -0.05) is 0 Å². The molecule has 0 unspecified atom stereocenters. The van der Waals surface area contributed by atoms with Gasteiger partial charge in [0.1, 0.15) is 6.10 Å². The molecule has 5 nitrogen and oxygen atoms in total. The number of hydrogen-bond donors (Lipinski definition) is 1. The highest BCUT2D eigenvalue weighted by Gasteiger charge is 2.35. The Balaban J connectivity index is 1.57. The highest BCUT2D eigenvalue weighted by Crippen LogP contribution is 2.22. The lowest BCUT2D eigenvalue weighted by atomic mass is 10.1. The number of rotatable bonds is 2. The van der Waals surface area contributed by atoms with Crippen LogP contribution in [0.4, 0.5) is 0 Å². The summed E-state index contributed by atoms with van der Waals surface area (Å²) >= 11 is 1.79. The molecule has 0 spiro atoms. The molecule has 0 bridgehead atoms. The second-order valence-corrected chi connectivity index (χ2v) is 6.05. The lowest BCUT2D eigenvalue weighted by molar-refractivity contribution is -0.146. The predicted octanol–water partition coefficient (Wildman–Crippen LogP) is 0.0553. The first kappa shape index (κ1) is 12.7. The molecular weight excluding hydrogens is 252 g/mol. The van der Waals surface area contributed by atoms with Crippen molar-refractivity contribution in [3.8, 4) is 0 Å². The predicted molar refractivity (Wildman–Crippen MR) is 69.5 cm³/mol. The van der Waals surface area contributed by atoms with Gasteiger partial charge in [0, 0.05) is 31.3 Å². The first-order valence-electron chi connectivity index (χ1n) is 6.68. The molecule has 0 aliphatic carbocycles. The number of amides is 1. The fourth-order valence-corrected chi connectivity index (χ4v) is 3.70. The van der Waals surface area contributed by atoms with Crippen molar-refractivity contribution in [2.24, 2.45) is 0 Å². The lowest BCUT2D eigenvalue weighted by Gasteiger charge is -2.36. The van der Waals surface area contributed by atoms with E-state index in [-0.39, 0.29) is 24.2 Å². The van der Waals surface area contributed by atoms with E-state index in [1.165, 1.54) is 0 Å². The second kappa shape index (κ2) is 5.77. The summed E-state index contributed by atoms with van der Waals surface area (Å²) in [6, 6.07) is -0.00162. The van der Waals surface area contributed by atoms with Gasteiger partial charge in [0.05, 0.1) is 18.8 Å². The van der Waals surface area contributed by atoms with E-state index in [9.17, 15) is 4.79 Å². The molecule has 0 radical (unpaired) electrons. The van der Waals surface area contributed by atoms with Crippen LogP contribution in [0.1, 0.15) is 12.8 Å². The minimum absolute atomic E-state index is 0.00162. The largest absolute Gasteiger partial charge is 0.375 e. The number of carbonyl (C=O) groups is 1. The van der Waals surface area contributed by atoms with Crippen LogP contribution in [0.5, 0.6) is 0 Å². The molecule has 6 heteroatoms. The number of ether oxygens (including phenoxy) is 2. The number of morpholine rings is 1. The Kier molecular flexibility index (Phi) is 4.08. The van der Waals surface area contributed by atoms with Crippen LogP contribution >= 0.6 is 11.8 Å². The summed E-state index contributed by atoms with van der Waals surface area (Å²) in [6.45, 7) is 2.87. The SMILES string of the molecule is O=C([C@@H]1CSCN1)N1CCO[C@@H]([C@H]2CCCO2)C1. The molecule has 0 aromatic carbocycles. The molecule has 18 heavy (non-hydrogen) atoms. The van der Waals surface area contributed by atoms with E-state index in [1.54, 1.807) is 11.8 Å². The van der Waals surface area contributed by atoms with Gasteiger partial charge in [0.25, 0.3) is 0 Å². The third-order valence-electron chi connectivity index (χ3n) is 3.80. The summed E-state index contributed by atoms with van der Waals surface area (Å²) in [5, 5.41) is 3.24. The molecule has 0 aromatic rings. The van der Waals surface area contributed by atoms with Crippen molar-refractivity contribution < 1.29 is 14.3 Å². The topological polar surface area (TPSA) is 50.8 Å². The normalized spacial score (nSPS) is 37.1. The first-order chi connectivity index (χ1) is 8.84. The minimum atomic E-state index is -0.00162. The van der Waals surface area contributed by atoms with Gasteiger partial charge >= 0.3 is 0 Å². The van der Waals surface area contributed by atoms with Crippen molar-refractivity contribution in [3.63, 3.8) is 0 Å². The standard InChI is InChI=1S/C12H20N2O3S/c15-12(9-7-18-8-13-9)14-3-5-17-11(6-14)10-2-1-4-16-10/h9-11,13H,1-8H2/t9-,10+,11+/m0/s1. The van der Waals surface area contributed by atoms with Gasteiger partial charge in [-0.15, -0.1) is 11.8 Å². The molecule has 3 heterocycles. The fourth-order valence-electron chi connectivity index (χ4n) is 2.77. The molecule has 3 aliphatic heterocycles. The molecule has 3 rings (SSSR count). The zero-order valence-corrected chi connectivity index (χ0v) is 11.3. The number of hydrogen-bond acceptors (Lipinski definition) is 5. The summed E-state index contributed by atoms with van der Waals surface area (Å²) in [7, 11) is 0. The van der Waals surface area contributed by atoms with Crippen LogP contribution in [0.2, 0.25) is 0 Å². The van der Waals surface area contributed by atoms with Crippen LogP contribution in [0, 0.1) is 0 Å². The van der Waals surface area contributed by atoms with E-state index in [0.29, 0.717) is 19.7 Å². The Hall–Kier alpha value is -0.300. The Labute approximate surface area is 112 Å². The quantitative estimate of drug-likeness (QED) is 0.770. The molecule has 1 amide bonds. The number of nitrogens with zero attached hydrogens (tertiary/aromatic N) is 1. The van der Waals surface area contributed by atoms with Crippen LogP contribution in [0.3, 0.4) is 0 Å². The van der Waals surface area contributed by atoms with E-state index >= 15 is 0 Å². The molecule has 102 valence electrons. The first-order valence-corrected chi connectivity index (χ1v) is 7.83. The summed E-state index contributed by atoms with van der Waals surface area (Å²) in [5.41, 5.74) is 0. The van der Waals surface area contributed by atoms with Crippen LogP contribution in [0.15, 0.2) is 0 Å². The molecule has 3 aliphatic rings. The van der Waals surface area contributed by atoms with Gasteiger partial charge in [-0.3, -0.25) is 10.1 Å². The second-order valence-electron chi connectivity index (χ2n) is 5.02. The van der Waals surface area contributed by atoms with Crippen LogP contribution in [-0.4, -0.2) is 67.0 Å². The number of carbonyl (C=O) groups excluding carboxylic acids is 1. The van der Waals surface area contributed by atoms with E-state index < -0.39 is 0 Å². The minimum Gasteiger partial charge on any atom is -0.375 e. The van der Waals surface area contributed by atoms with Gasteiger partial charge in [0.15, 0.2) is 0 Å². The van der Waals surface area contributed by atoms with Gasteiger partial charge in [-0.05, 0) is 12.8 Å². The smallest absolute Gasteiger partial charge is 0.240 e. The van der Waals surface area contributed by atoms with Crippen molar-refractivity contribution in [1.29, 1.82) is 0 Å². The summed E-state index contributed by atoms with van der Waals surface area (Å²) in [4.78, 5) is 14.3. The number of nitrogens with one attached hydrogen (secondary N) is 1. The van der Waals surface area contributed by atoms with Crippen molar-refractivity contribution in [1.82, 2.24) is 10.2 Å². The van der Waals surface area contributed by atoms with Gasteiger partial charge in [0.2, 0.25) is 5.91 Å². The summed E-state index contributed by atoms with van der Waals surface area (Å²) in [6.07, 6.45) is 2.43. The average molecular weight is 272 g/mol. The average Bonchev–Trinajstić information content (AvgIpc) is 3.11. The molecule has 0 aromatic heterocycles. The Morgan fingerprint density at radius 3 is 2.89 bits per heavy atom. The third kappa shape index (κ3) is 2.66. The summed E-state index contributed by atoms with van der Waals surface area (Å²) < 4.78 is 11.4. The van der Waals surface area contributed by atoms with E-state index in [0.717, 1.165) is 31.1 Å². The Morgan fingerprint density at radius 2 is 2.17 bits per heavy atom. The molecular formula is C12H20N2O3S. The fraction of sp³-hybridized carbons (Fsp3) is 0.917. The number of thioether (sulfide) groups is 1. The molecule has 3 saturated heterocycles. The molecule has 1 N–H and O–H groups in total. The molecule has 0 saturated carbocycles. The molecule has 3 fully saturated rings. The highest BCUT2D eigenvalue weighted by molar-refractivity contribution is 7.99. The maximum Gasteiger partial charge on any atom is 0.240 e. The van der Waals surface area contributed by atoms with Crippen molar-refractivity contribution in [2.45, 2.75) is 31.1 Å². The van der Waals surface area contributed by atoms with Crippen molar-refractivity contribution >= 4 is 17.7 Å². The molecule has 3 atom stereocenters. The van der Waals surface area contributed by atoms with Crippen LogP contribution in [-0.2, 0) is 14.3 Å². The van der Waals surface area contributed by atoms with Gasteiger partial charge in [-0.25, -0.2) is 0 Å². The Bertz CT molecular complexity index is 304. The Morgan fingerprint density at radius 1 is 1.28 bits per heavy atom. The lowest BCUT2D eigenvalue weighted by Crippen LogP contribution is -2.54. The van der Waals surface area contributed by atoms with Crippen molar-refractivity contribution in [3.05, 3.63) is 0 Å². The highest BCUT2D eigenvalue weighted by atomic mass is 32.2. The van der Waals surface area contributed by atoms with E-state index in [1.807, 2.05) is 4.90 Å². The monoisotopic (exact) mass is 272 g/mol. The maximum absolute atomic E-state index is 12.3. The third-order valence-corrected chi connectivity index (χ3v) is 4.74. The maximum atomic E-state index is 12.3. The van der Waals surface area contributed by atoms with Gasteiger partial charge < -0.3 is 14.4 Å². The van der Waals surface area contributed by atoms with Crippen LogP contribution in [0.25, 0.3) is 0 Å². The van der Waals surface area contributed by atoms with Gasteiger partial charge in [-0.2, -0.15) is 0 Å². The van der Waals surface area contributed by atoms with E-state index in [4.69, 9.17) is 9.47 Å².